The van der Waals surface area contributed by atoms with E-state index in [-0.39, 0.29) is 12.6 Å². The van der Waals surface area contributed by atoms with E-state index in [0.717, 1.165) is 23.7 Å². The zero-order chi connectivity index (χ0) is 12.3. The molecule has 1 saturated heterocycles. The zero-order valence-electron chi connectivity index (χ0n) is 9.86. The van der Waals surface area contributed by atoms with Gasteiger partial charge in [0.1, 0.15) is 11.6 Å². The van der Waals surface area contributed by atoms with Crippen LogP contribution >= 0.6 is 11.3 Å². The Morgan fingerprint density at radius 3 is 2.71 bits per heavy atom. The molecule has 0 aromatic carbocycles. The van der Waals surface area contributed by atoms with Crippen molar-refractivity contribution in [2.75, 3.05) is 39.4 Å². The molecule has 0 bridgehead atoms. The molecule has 0 radical (unpaired) electrons. The maximum absolute atomic E-state index is 12.2. The summed E-state index contributed by atoms with van der Waals surface area (Å²) in [6.07, 6.45) is 0. The summed E-state index contributed by atoms with van der Waals surface area (Å²) >= 11 is 1.39. The van der Waals surface area contributed by atoms with Gasteiger partial charge in [-0.1, -0.05) is 0 Å². The molecule has 1 fully saturated rings. The van der Waals surface area contributed by atoms with Crippen LogP contribution in [0.2, 0.25) is 0 Å². The Morgan fingerprint density at radius 1 is 1.47 bits per heavy atom. The molecular weight excluding hydrogens is 241 g/mol. The molecule has 0 atom stereocenters. The third kappa shape index (κ3) is 2.81. The van der Waals surface area contributed by atoms with Gasteiger partial charge in [-0.25, -0.2) is 9.37 Å². The summed E-state index contributed by atoms with van der Waals surface area (Å²) in [5.41, 5.74) is 2.49. The van der Waals surface area contributed by atoms with Crippen molar-refractivity contribution in [2.24, 2.45) is 0 Å². The quantitative estimate of drug-likeness (QED) is 0.816. The van der Waals surface area contributed by atoms with Gasteiger partial charge in [-0.2, -0.15) is 0 Å². The second-order valence-electron chi connectivity index (χ2n) is 4.09. The highest BCUT2D eigenvalue weighted by Gasteiger charge is 2.23. The fraction of sp³-hybridized carbons (Fsp3) is 0.636. The third-order valence-electron chi connectivity index (χ3n) is 3.00. The van der Waals surface area contributed by atoms with E-state index in [0.29, 0.717) is 19.6 Å². The molecule has 94 valence electrons. The van der Waals surface area contributed by atoms with Crippen LogP contribution in [-0.4, -0.2) is 60.1 Å². The van der Waals surface area contributed by atoms with E-state index in [2.05, 4.69) is 4.98 Å². The Bertz CT molecular complexity index is 388. The van der Waals surface area contributed by atoms with Gasteiger partial charge in [0.15, 0.2) is 0 Å². The summed E-state index contributed by atoms with van der Waals surface area (Å²) < 4.78 is 12.2. The number of hydrogen-bond donors (Lipinski definition) is 0. The molecule has 6 heteroatoms. The lowest BCUT2D eigenvalue weighted by molar-refractivity contribution is 0.0634. The summed E-state index contributed by atoms with van der Waals surface area (Å²) in [7, 11) is 0. The number of halogens is 1. The van der Waals surface area contributed by atoms with Gasteiger partial charge in [0.2, 0.25) is 0 Å². The first-order chi connectivity index (χ1) is 8.22. The van der Waals surface area contributed by atoms with Crippen molar-refractivity contribution in [3.63, 3.8) is 0 Å². The van der Waals surface area contributed by atoms with Gasteiger partial charge in [0.25, 0.3) is 5.91 Å². The summed E-state index contributed by atoms with van der Waals surface area (Å²) in [4.78, 5) is 20.8. The topological polar surface area (TPSA) is 36.4 Å². The maximum atomic E-state index is 12.2. The maximum Gasteiger partial charge on any atom is 0.265 e. The highest BCUT2D eigenvalue weighted by molar-refractivity contribution is 7.11. The Morgan fingerprint density at radius 2 is 2.18 bits per heavy atom. The first kappa shape index (κ1) is 12.4. The van der Waals surface area contributed by atoms with Crippen molar-refractivity contribution >= 4 is 17.2 Å². The smallest absolute Gasteiger partial charge is 0.265 e. The van der Waals surface area contributed by atoms with Crippen LogP contribution in [0.15, 0.2) is 5.51 Å². The number of carbonyl (C=O) groups excluding carboxylic acids is 1. The van der Waals surface area contributed by atoms with Crippen molar-refractivity contribution in [3.8, 4) is 0 Å². The summed E-state index contributed by atoms with van der Waals surface area (Å²) in [6.45, 7) is 4.87. The summed E-state index contributed by atoms with van der Waals surface area (Å²) in [5, 5.41) is 0. The van der Waals surface area contributed by atoms with Gasteiger partial charge in [-0.05, 0) is 6.92 Å². The van der Waals surface area contributed by atoms with Crippen LogP contribution in [0.5, 0.6) is 0 Å². The number of carbonyl (C=O) groups is 1. The Kier molecular flexibility index (Phi) is 4.06. The first-order valence-electron chi connectivity index (χ1n) is 5.70. The summed E-state index contributed by atoms with van der Waals surface area (Å²) in [6, 6.07) is 0. The Balaban J connectivity index is 1.93. The number of amides is 1. The van der Waals surface area contributed by atoms with E-state index >= 15 is 0 Å². The van der Waals surface area contributed by atoms with Crippen LogP contribution in [0.4, 0.5) is 4.39 Å². The van der Waals surface area contributed by atoms with Crippen molar-refractivity contribution in [3.05, 3.63) is 16.1 Å². The number of aryl methyl sites for hydroxylation is 1. The molecule has 0 spiro atoms. The Labute approximate surface area is 104 Å². The van der Waals surface area contributed by atoms with Crippen LogP contribution < -0.4 is 0 Å². The number of thiazole rings is 1. The van der Waals surface area contributed by atoms with Crippen LogP contribution in [0, 0.1) is 6.92 Å². The molecule has 2 heterocycles. The average Bonchev–Trinajstić information content (AvgIpc) is 2.76. The number of hydrogen-bond acceptors (Lipinski definition) is 4. The van der Waals surface area contributed by atoms with Crippen molar-refractivity contribution in [1.29, 1.82) is 0 Å². The highest BCUT2D eigenvalue weighted by Crippen LogP contribution is 2.16. The lowest BCUT2D eigenvalue weighted by Crippen LogP contribution is -2.49. The van der Waals surface area contributed by atoms with Crippen molar-refractivity contribution in [1.82, 2.24) is 14.8 Å². The molecule has 2 rings (SSSR count). The molecule has 1 aromatic heterocycles. The lowest BCUT2D eigenvalue weighted by atomic mass is 10.2. The monoisotopic (exact) mass is 257 g/mol. The van der Waals surface area contributed by atoms with Crippen LogP contribution in [0.25, 0.3) is 0 Å². The minimum Gasteiger partial charge on any atom is -0.335 e. The third-order valence-corrected chi connectivity index (χ3v) is 3.92. The van der Waals surface area contributed by atoms with Crippen LogP contribution in [0.1, 0.15) is 15.4 Å². The zero-order valence-corrected chi connectivity index (χ0v) is 10.7. The molecule has 1 aliphatic heterocycles. The van der Waals surface area contributed by atoms with E-state index in [4.69, 9.17) is 0 Å². The molecule has 1 amide bonds. The molecule has 1 aliphatic rings. The van der Waals surface area contributed by atoms with E-state index in [1.54, 1.807) is 5.51 Å². The van der Waals surface area contributed by atoms with E-state index < -0.39 is 0 Å². The molecule has 0 saturated carbocycles. The molecule has 1 aromatic rings. The van der Waals surface area contributed by atoms with Gasteiger partial charge in [0.05, 0.1) is 11.2 Å². The van der Waals surface area contributed by atoms with Crippen molar-refractivity contribution < 1.29 is 9.18 Å². The minimum absolute atomic E-state index is 0.0601. The van der Waals surface area contributed by atoms with E-state index in [9.17, 15) is 9.18 Å². The standard InChI is InChI=1S/C11H16FN3OS/c1-9-10(17-8-13-9)11(16)15-6-4-14(3-2-12)5-7-15/h8H,2-7H2,1H3. The highest BCUT2D eigenvalue weighted by atomic mass is 32.1. The van der Waals surface area contributed by atoms with E-state index in [1.807, 2.05) is 16.7 Å². The largest absolute Gasteiger partial charge is 0.335 e. The van der Waals surface area contributed by atoms with E-state index in [1.165, 1.54) is 11.3 Å². The van der Waals surface area contributed by atoms with Gasteiger partial charge >= 0.3 is 0 Å². The van der Waals surface area contributed by atoms with Crippen molar-refractivity contribution in [2.45, 2.75) is 6.92 Å². The second kappa shape index (κ2) is 5.55. The average molecular weight is 257 g/mol. The van der Waals surface area contributed by atoms with Gasteiger partial charge in [0, 0.05) is 32.7 Å². The van der Waals surface area contributed by atoms with Gasteiger partial charge in [-0.15, -0.1) is 11.3 Å². The number of piperazine rings is 1. The van der Waals surface area contributed by atoms with Gasteiger partial charge in [-0.3, -0.25) is 9.69 Å². The predicted molar refractivity (Wildman–Crippen MR) is 65.2 cm³/mol. The van der Waals surface area contributed by atoms with Crippen LogP contribution in [0.3, 0.4) is 0 Å². The molecule has 0 aliphatic carbocycles. The lowest BCUT2D eigenvalue weighted by Gasteiger charge is -2.34. The number of aromatic nitrogens is 1. The molecule has 0 unspecified atom stereocenters. The second-order valence-corrected chi connectivity index (χ2v) is 4.94. The molecular formula is C11H16FN3OS. The summed E-state index contributed by atoms with van der Waals surface area (Å²) in [5.74, 6) is 0.0601. The molecule has 0 N–H and O–H groups in total. The molecule has 4 nitrogen and oxygen atoms in total. The number of alkyl halides is 1. The fourth-order valence-corrected chi connectivity index (χ4v) is 2.71. The van der Waals surface area contributed by atoms with Crippen LogP contribution in [-0.2, 0) is 0 Å². The molecule has 17 heavy (non-hydrogen) atoms. The minimum atomic E-state index is -0.318. The SMILES string of the molecule is Cc1ncsc1C(=O)N1CCN(CCF)CC1. The fourth-order valence-electron chi connectivity index (χ4n) is 1.94. The number of nitrogens with zero attached hydrogens (tertiary/aromatic N) is 3. The normalized spacial score (nSPS) is 17.4. The van der Waals surface area contributed by atoms with Gasteiger partial charge < -0.3 is 4.90 Å². The first-order valence-corrected chi connectivity index (χ1v) is 6.58. The predicted octanol–water partition coefficient (Wildman–Crippen LogP) is 1.18. The number of rotatable bonds is 3. The Hall–Kier alpha value is -1.01.